The molecule has 0 bridgehead atoms. The van der Waals surface area contributed by atoms with Crippen molar-refractivity contribution in [1.29, 1.82) is 0 Å². The summed E-state index contributed by atoms with van der Waals surface area (Å²) in [4.78, 5) is 10.9. The zero-order chi connectivity index (χ0) is 14.8. The van der Waals surface area contributed by atoms with Gasteiger partial charge in [-0.05, 0) is 36.8 Å². The van der Waals surface area contributed by atoms with Gasteiger partial charge in [0.25, 0.3) is 0 Å². The minimum absolute atomic E-state index is 0.751. The Balaban J connectivity index is 1.98. The van der Waals surface area contributed by atoms with Crippen molar-refractivity contribution in [1.82, 2.24) is 9.97 Å². The normalized spacial score (nSPS) is 10.8. The van der Waals surface area contributed by atoms with E-state index in [1.165, 1.54) is 5.56 Å². The SMILES string of the molecule is Cc1ccc2ncnc(N(C)Cc3cccc(Cl)c3)c2c1. The highest BCUT2D eigenvalue weighted by Gasteiger charge is 2.09. The quantitative estimate of drug-likeness (QED) is 0.724. The van der Waals surface area contributed by atoms with Gasteiger partial charge in [-0.15, -0.1) is 0 Å². The molecular formula is C17H16ClN3. The van der Waals surface area contributed by atoms with E-state index in [1.54, 1.807) is 6.33 Å². The summed E-state index contributed by atoms with van der Waals surface area (Å²) in [5.41, 5.74) is 3.32. The van der Waals surface area contributed by atoms with Gasteiger partial charge in [0, 0.05) is 24.0 Å². The fourth-order valence-corrected chi connectivity index (χ4v) is 2.66. The van der Waals surface area contributed by atoms with Crippen molar-refractivity contribution in [3.05, 3.63) is 64.9 Å². The lowest BCUT2D eigenvalue weighted by atomic mass is 10.1. The first kappa shape index (κ1) is 13.8. The predicted molar refractivity (Wildman–Crippen MR) is 87.8 cm³/mol. The maximum atomic E-state index is 6.05. The number of halogens is 1. The second-order valence-electron chi connectivity index (χ2n) is 5.20. The topological polar surface area (TPSA) is 29.0 Å². The standard InChI is InChI=1S/C17H16ClN3/c1-12-6-7-16-15(8-12)17(20-11-19-16)21(2)10-13-4-3-5-14(18)9-13/h3-9,11H,10H2,1-2H3. The van der Waals surface area contributed by atoms with Gasteiger partial charge in [0.1, 0.15) is 12.1 Å². The molecule has 0 aliphatic carbocycles. The predicted octanol–water partition coefficient (Wildman–Crippen LogP) is 4.23. The third-order valence-electron chi connectivity index (χ3n) is 3.44. The summed E-state index contributed by atoms with van der Waals surface area (Å²) < 4.78 is 0. The molecule has 0 aliphatic heterocycles. The lowest BCUT2D eigenvalue weighted by molar-refractivity contribution is 0.900. The van der Waals surface area contributed by atoms with Crippen LogP contribution in [0.5, 0.6) is 0 Å². The van der Waals surface area contributed by atoms with Gasteiger partial charge < -0.3 is 4.90 Å². The largest absolute Gasteiger partial charge is 0.355 e. The summed E-state index contributed by atoms with van der Waals surface area (Å²) in [6, 6.07) is 14.1. The van der Waals surface area contributed by atoms with Gasteiger partial charge in [-0.1, -0.05) is 35.4 Å². The number of anilines is 1. The molecule has 0 N–H and O–H groups in total. The van der Waals surface area contributed by atoms with E-state index in [2.05, 4.69) is 40.0 Å². The van der Waals surface area contributed by atoms with Crippen LogP contribution in [0.1, 0.15) is 11.1 Å². The van der Waals surface area contributed by atoms with Crippen LogP contribution in [0.3, 0.4) is 0 Å². The number of rotatable bonds is 3. The molecule has 4 heteroatoms. The van der Waals surface area contributed by atoms with Crippen molar-refractivity contribution in [2.45, 2.75) is 13.5 Å². The molecule has 0 amide bonds. The van der Waals surface area contributed by atoms with E-state index in [0.29, 0.717) is 0 Å². The van der Waals surface area contributed by atoms with Crippen LogP contribution in [0.25, 0.3) is 10.9 Å². The first-order chi connectivity index (χ1) is 10.1. The van der Waals surface area contributed by atoms with E-state index < -0.39 is 0 Å². The molecule has 1 heterocycles. The molecule has 21 heavy (non-hydrogen) atoms. The summed E-state index contributed by atoms with van der Waals surface area (Å²) in [5.74, 6) is 0.934. The van der Waals surface area contributed by atoms with Crippen molar-refractivity contribution in [2.75, 3.05) is 11.9 Å². The maximum absolute atomic E-state index is 6.05. The summed E-state index contributed by atoms with van der Waals surface area (Å²) in [7, 11) is 2.03. The fraction of sp³-hybridized carbons (Fsp3) is 0.176. The molecule has 106 valence electrons. The number of hydrogen-bond acceptors (Lipinski definition) is 3. The Labute approximate surface area is 129 Å². The van der Waals surface area contributed by atoms with E-state index in [9.17, 15) is 0 Å². The van der Waals surface area contributed by atoms with Crippen LogP contribution in [0.15, 0.2) is 48.8 Å². The molecule has 0 spiro atoms. The number of nitrogens with zero attached hydrogens (tertiary/aromatic N) is 3. The Morgan fingerprint density at radius 1 is 1.10 bits per heavy atom. The van der Waals surface area contributed by atoms with Gasteiger partial charge in [-0.3, -0.25) is 0 Å². The van der Waals surface area contributed by atoms with E-state index in [1.807, 2.05) is 31.3 Å². The van der Waals surface area contributed by atoms with E-state index in [-0.39, 0.29) is 0 Å². The summed E-state index contributed by atoms with van der Waals surface area (Å²) in [6.45, 7) is 2.83. The minimum atomic E-state index is 0.751. The second-order valence-corrected chi connectivity index (χ2v) is 5.64. The summed E-state index contributed by atoms with van der Waals surface area (Å²) in [6.07, 6.45) is 1.61. The zero-order valence-electron chi connectivity index (χ0n) is 12.0. The molecule has 3 rings (SSSR count). The van der Waals surface area contributed by atoms with Crippen LogP contribution in [-0.2, 0) is 6.54 Å². The van der Waals surface area contributed by atoms with Gasteiger partial charge >= 0.3 is 0 Å². The Hall–Kier alpha value is -2.13. The maximum Gasteiger partial charge on any atom is 0.139 e. The second kappa shape index (κ2) is 5.70. The van der Waals surface area contributed by atoms with Crippen molar-refractivity contribution in [3.8, 4) is 0 Å². The molecule has 1 aromatic heterocycles. The van der Waals surface area contributed by atoms with Gasteiger partial charge in [-0.2, -0.15) is 0 Å². The molecule has 3 aromatic rings. The van der Waals surface area contributed by atoms with Crippen LogP contribution in [0.2, 0.25) is 5.02 Å². The highest BCUT2D eigenvalue weighted by Crippen LogP contribution is 2.24. The van der Waals surface area contributed by atoms with Gasteiger partial charge in [0.2, 0.25) is 0 Å². The number of aryl methyl sites for hydroxylation is 1. The highest BCUT2D eigenvalue weighted by atomic mass is 35.5. The number of aromatic nitrogens is 2. The Morgan fingerprint density at radius 2 is 1.95 bits per heavy atom. The summed E-state index contributed by atoms with van der Waals surface area (Å²) >= 11 is 6.05. The Kier molecular flexibility index (Phi) is 3.76. The highest BCUT2D eigenvalue weighted by molar-refractivity contribution is 6.30. The van der Waals surface area contributed by atoms with Crippen molar-refractivity contribution in [2.24, 2.45) is 0 Å². The van der Waals surface area contributed by atoms with Crippen LogP contribution >= 0.6 is 11.6 Å². The molecule has 3 nitrogen and oxygen atoms in total. The zero-order valence-corrected chi connectivity index (χ0v) is 12.8. The van der Waals surface area contributed by atoms with E-state index in [0.717, 1.165) is 33.9 Å². The molecule has 0 saturated heterocycles. The first-order valence-corrected chi connectivity index (χ1v) is 7.18. The van der Waals surface area contributed by atoms with Crippen LogP contribution in [0.4, 0.5) is 5.82 Å². The van der Waals surface area contributed by atoms with E-state index in [4.69, 9.17) is 11.6 Å². The van der Waals surface area contributed by atoms with Gasteiger partial charge in [0.05, 0.1) is 5.52 Å². The third-order valence-corrected chi connectivity index (χ3v) is 3.68. The smallest absolute Gasteiger partial charge is 0.139 e. The van der Waals surface area contributed by atoms with Crippen molar-refractivity contribution in [3.63, 3.8) is 0 Å². The molecule has 2 aromatic carbocycles. The lowest BCUT2D eigenvalue weighted by Gasteiger charge is -2.20. The number of fused-ring (bicyclic) bond motifs is 1. The number of benzene rings is 2. The first-order valence-electron chi connectivity index (χ1n) is 6.80. The Morgan fingerprint density at radius 3 is 2.76 bits per heavy atom. The summed E-state index contributed by atoms with van der Waals surface area (Å²) in [5, 5.41) is 1.83. The van der Waals surface area contributed by atoms with Crippen LogP contribution < -0.4 is 4.90 Å². The van der Waals surface area contributed by atoms with E-state index >= 15 is 0 Å². The van der Waals surface area contributed by atoms with Crippen molar-refractivity contribution < 1.29 is 0 Å². The van der Waals surface area contributed by atoms with Gasteiger partial charge in [0.15, 0.2) is 0 Å². The molecule has 0 fully saturated rings. The van der Waals surface area contributed by atoms with Crippen LogP contribution in [-0.4, -0.2) is 17.0 Å². The average molecular weight is 298 g/mol. The third kappa shape index (κ3) is 2.98. The molecule has 0 radical (unpaired) electrons. The molecule has 0 saturated carbocycles. The molecular weight excluding hydrogens is 282 g/mol. The van der Waals surface area contributed by atoms with Crippen molar-refractivity contribution >= 4 is 28.3 Å². The molecule has 0 atom stereocenters. The minimum Gasteiger partial charge on any atom is -0.355 e. The van der Waals surface area contributed by atoms with Crippen LogP contribution in [0, 0.1) is 6.92 Å². The molecule has 0 aliphatic rings. The average Bonchev–Trinajstić information content (AvgIpc) is 2.46. The monoisotopic (exact) mass is 297 g/mol. The lowest BCUT2D eigenvalue weighted by Crippen LogP contribution is -2.18. The van der Waals surface area contributed by atoms with Gasteiger partial charge in [-0.25, -0.2) is 9.97 Å². The molecule has 0 unspecified atom stereocenters. The fourth-order valence-electron chi connectivity index (χ4n) is 2.45. The number of hydrogen-bond donors (Lipinski definition) is 0. The Bertz CT molecular complexity index is 786.